The summed E-state index contributed by atoms with van der Waals surface area (Å²) in [5, 5.41) is 2.85. The lowest BCUT2D eigenvalue weighted by molar-refractivity contribution is -0.123. The van der Waals surface area contributed by atoms with E-state index in [0.29, 0.717) is 10.8 Å². The molecule has 0 saturated heterocycles. The summed E-state index contributed by atoms with van der Waals surface area (Å²) < 4.78 is 30.6. The molecule has 0 aliphatic carbocycles. The van der Waals surface area contributed by atoms with Gasteiger partial charge in [-0.25, -0.2) is 8.42 Å². The molecule has 6 nitrogen and oxygen atoms in total. The van der Waals surface area contributed by atoms with Crippen LogP contribution in [0.25, 0.3) is 0 Å². The molecule has 0 aliphatic heterocycles. The second-order valence-corrected chi connectivity index (χ2v) is 10.7. The van der Waals surface area contributed by atoms with Crippen LogP contribution in [0.3, 0.4) is 0 Å². The van der Waals surface area contributed by atoms with E-state index in [-0.39, 0.29) is 4.90 Å². The fourth-order valence-electron chi connectivity index (χ4n) is 2.24. The number of amides is 1. The van der Waals surface area contributed by atoms with Gasteiger partial charge in [-0.05, 0) is 49.7 Å². The van der Waals surface area contributed by atoms with Crippen LogP contribution in [0.15, 0.2) is 47.4 Å². The number of hydrogen-bond donors (Lipinski definition) is 2. The molecule has 11 heteroatoms. The first-order valence-corrected chi connectivity index (χ1v) is 11.2. The highest BCUT2D eigenvalue weighted by Crippen LogP contribution is 2.30. The van der Waals surface area contributed by atoms with Gasteiger partial charge in [0.05, 0.1) is 4.90 Å². The molecule has 2 rings (SSSR count). The Morgan fingerprint density at radius 2 is 1.72 bits per heavy atom. The standard InChI is InChI=1S/C18H18Cl4N2O4S/c1-11-3-6-14(7-4-11)29(26,27)24-17(18(20,21)22)23-16(25)10-28-15-8-5-13(19)9-12(15)2/h3-9,17,24H,10H2,1-2H3,(H,23,25). The van der Waals surface area contributed by atoms with Gasteiger partial charge in [-0.2, -0.15) is 4.72 Å². The normalized spacial score (nSPS) is 13.0. The van der Waals surface area contributed by atoms with E-state index in [9.17, 15) is 13.2 Å². The van der Waals surface area contributed by atoms with E-state index in [1.165, 1.54) is 12.1 Å². The number of carbonyl (C=O) groups excluding carboxylic acids is 1. The largest absolute Gasteiger partial charge is 0.484 e. The minimum absolute atomic E-state index is 0.0374. The van der Waals surface area contributed by atoms with Crippen LogP contribution >= 0.6 is 46.4 Å². The van der Waals surface area contributed by atoms with Crippen molar-refractivity contribution >= 4 is 62.3 Å². The topological polar surface area (TPSA) is 84.5 Å². The van der Waals surface area contributed by atoms with Crippen molar-refractivity contribution in [1.29, 1.82) is 0 Å². The fourth-order valence-corrected chi connectivity index (χ4v) is 4.16. The average Bonchev–Trinajstić information content (AvgIpc) is 2.60. The van der Waals surface area contributed by atoms with Gasteiger partial charge < -0.3 is 10.1 Å². The summed E-state index contributed by atoms with van der Waals surface area (Å²) in [5.74, 6) is -0.252. The van der Waals surface area contributed by atoms with Gasteiger partial charge >= 0.3 is 0 Å². The summed E-state index contributed by atoms with van der Waals surface area (Å²) in [7, 11) is -4.06. The molecule has 0 bridgehead atoms. The maximum Gasteiger partial charge on any atom is 0.259 e. The van der Waals surface area contributed by atoms with Crippen LogP contribution in [-0.2, 0) is 14.8 Å². The Kier molecular flexibility index (Phi) is 8.07. The molecule has 0 saturated carbocycles. The molecule has 0 fully saturated rings. The molecule has 2 aromatic rings. The zero-order chi connectivity index (χ0) is 21.8. The third-order valence-corrected chi connectivity index (χ3v) is 6.06. The van der Waals surface area contributed by atoms with Gasteiger partial charge in [-0.3, -0.25) is 4.79 Å². The molecule has 1 atom stereocenters. The fraction of sp³-hybridized carbons (Fsp3) is 0.278. The van der Waals surface area contributed by atoms with Crippen LogP contribution in [0.2, 0.25) is 5.02 Å². The lowest BCUT2D eigenvalue weighted by Gasteiger charge is -2.26. The van der Waals surface area contributed by atoms with Crippen LogP contribution in [-0.4, -0.2) is 30.9 Å². The number of rotatable bonds is 7. The molecule has 1 amide bonds. The van der Waals surface area contributed by atoms with Crippen molar-refractivity contribution in [3.8, 4) is 5.75 Å². The molecule has 0 aromatic heterocycles. The Labute approximate surface area is 189 Å². The lowest BCUT2D eigenvalue weighted by Crippen LogP contribution is -2.56. The summed E-state index contributed by atoms with van der Waals surface area (Å²) in [6.45, 7) is 3.15. The molecular formula is C18H18Cl4N2O4S. The molecule has 2 N–H and O–H groups in total. The van der Waals surface area contributed by atoms with E-state index in [2.05, 4.69) is 10.0 Å². The Balaban J connectivity index is 2.08. The number of alkyl halides is 3. The first-order chi connectivity index (χ1) is 13.4. The summed E-state index contributed by atoms with van der Waals surface area (Å²) in [5.41, 5.74) is 1.60. The lowest BCUT2D eigenvalue weighted by atomic mass is 10.2. The first kappa shape index (κ1) is 24.1. The number of sulfonamides is 1. The smallest absolute Gasteiger partial charge is 0.259 e. The minimum Gasteiger partial charge on any atom is -0.484 e. The van der Waals surface area contributed by atoms with Gasteiger partial charge in [0.15, 0.2) is 6.61 Å². The molecular weight excluding hydrogens is 482 g/mol. The summed E-state index contributed by atoms with van der Waals surface area (Å²) in [4.78, 5) is 12.2. The number of carbonyl (C=O) groups is 1. The van der Waals surface area contributed by atoms with E-state index in [1.807, 2.05) is 6.92 Å². The van der Waals surface area contributed by atoms with Crippen molar-refractivity contribution in [2.45, 2.75) is 28.7 Å². The van der Waals surface area contributed by atoms with E-state index >= 15 is 0 Å². The predicted molar refractivity (Wildman–Crippen MR) is 115 cm³/mol. The van der Waals surface area contributed by atoms with Gasteiger partial charge in [0.25, 0.3) is 5.91 Å². The van der Waals surface area contributed by atoms with Crippen LogP contribution in [0.5, 0.6) is 5.75 Å². The molecule has 158 valence electrons. The summed E-state index contributed by atoms with van der Waals surface area (Å²) in [6, 6.07) is 11.0. The van der Waals surface area contributed by atoms with Crippen molar-refractivity contribution in [3.63, 3.8) is 0 Å². The Morgan fingerprint density at radius 3 is 2.28 bits per heavy atom. The Hall–Kier alpha value is -1.22. The second-order valence-electron chi connectivity index (χ2n) is 6.17. The summed E-state index contributed by atoms with van der Waals surface area (Å²) in [6.07, 6.45) is -1.53. The zero-order valence-electron chi connectivity index (χ0n) is 15.4. The predicted octanol–water partition coefficient (Wildman–Crippen LogP) is 4.13. The van der Waals surface area contributed by atoms with Crippen molar-refractivity contribution < 1.29 is 17.9 Å². The SMILES string of the molecule is Cc1ccc(S(=O)(=O)NC(NC(=O)COc2ccc(Cl)cc2C)C(Cl)(Cl)Cl)cc1. The van der Waals surface area contributed by atoms with Gasteiger partial charge in [0, 0.05) is 5.02 Å². The Bertz CT molecular complexity index is 976. The van der Waals surface area contributed by atoms with Crippen LogP contribution in [0, 0.1) is 13.8 Å². The maximum atomic E-state index is 12.6. The number of hydrogen-bond acceptors (Lipinski definition) is 4. The van der Waals surface area contributed by atoms with Crippen LogP contribution in [0.4, 0.5) is 0 Å². The monoisotopic (exact) mass is 498 g/mol. The maximum absolute atomic E-state index is 12.6. The number of ether oxygens (including phenoxy) is 1. The van der Waals surface area contributed by atoms with Crippen LogP contribution in [0.1, 0.15) is 11.1 Å². The van der Waals surface area contributed by atoms with Crippen molar-refractivity contribution in [2.24, 2.45) is 0 Å². The van der Waals surface area contributed by atoms with E-state index < -0.39 is 32.5 Å². The Morgan fingerprint density at radius 1 is 1.10 bits per heavy atom. The summed E-state index contributed by atoms with van der Waals surface area (Å²) >= 11 is 23.4. The second kappa shape index (κ2) is 9.73. The third-order valence-electron chi connectivity index (χ3n) is 3.73. The zero-order valence-corrected chi connectivity index (χ0v) is 19.2. The molecule has 1 unspecified atom stereocenters. The molecule has 0 heterocycles. The first-order valence-electron chi connectivity index (χ1n) is 8.22. The molecule has 29 heavy (non-hydrogen) atoms. The molecule has 0 aliphatic rings. The highest BCUT2D eigenvalue weighted by atomic mass is 35.6. The highest BCUT2D eigenvalue weighted by molar-refractivity contribution is 7.89. The molecule has 0 spiro atoms. The van der Waals surface area contributed by atoms with Crippen molar-refractivity contribution in [1.82, 2.24) is 10.0 Å². The third kappa shape index (κ3) is 7.20. The van der Waals surface area contributed by atoms with Crippen molar-refractivity contribution in [3.05, 3.63) is 58.6 Å². The highest BCUT2D eigenvalue weighted by Gasteiger charge is 2.37. The number of aryl methyl sites for hydroxylation is 2. The van der Waals surface area contributed by atoms with Gasteiger partial charge in [-0.1, -0.05) is 64.1 Å². The van der Waals surface area contributed by atoms with E-state index in [4.69, 9.17) is 51.1 Å². The minimum atomic E-state index is -4.06. The molecule has 2 aromatic carbocycles. The van der Waals surface area contributed by atoms with Crippen molar-refractivity contribution in [2.75, 3.05) is 6.61 Å². The number of halogens is 4. The van der Waals surface area contributed by atoms with E-state index in [1.54, 1.807) is 37.3 Å². The van der Waals surface area contributed by atoms with E-state index in [0.717, 1.165) is 11.1 Å². The van der Waals surface area contributed by atoms with Gasteiger partial charge in [0.1, 0.15) is 11.9 Å². The average molecular weight is 500 g/mol. The molecule has 0 radical (unpaired) electrons. The number of nitrogens with one attached hydrogen (secondary N) is 2. The van der Waals surface area contributed by atoms with Gasteiger partial charge in [-0.15, -0.1) is 0 Å². The number of benzene rings is 2. The van der Waals surface area contributed by atoms with Crippen LogP contribution < -0.4 is 14.8 Å². The van der Waals surface area contributed by atoms with Gasteiger partial charge in [0.2, 0.25) is 13.8 Å². The quantitative estimate of drug-likeness (QED) is 0.443.